The van der Waals surface area contributed by atoms with Crippen LogP contribution in [0.1, 0.15) is 25.3 Å². The number of rotatable bonds is 3. The van der Waals surface area contributed by atoms with Gasteiger partial charge in [0.25, 0.3) is 0 Å². The molecule has 1 heterocycles. The van der Waals surface area contributed by atoms with Gasteiger partial charge in [-0.2, -0.15) is 0 Å². The van der Waals surface area contributed by atoms with E-state index < -0.39 is 35.4 Å². The van der Waals surface area contributed by atoms with Crippen LogP contribution in [-0.2, 0) is 10.3 Å². The van der Waals surface area contributed by atoms with E-state index in [1.54, 1.807) is 14.0 Å². The summed E-state index contributed by atoms with van der Waals surface area (Å²) in [6.07, 6.45) is -4.28. The van der Waals surface area contributed by atoms with Crippen LogP contribution in [0, 0.1) is 11.7 Å². The molecule has 8 heteroatoms. The monoisotopic (exact) mass is 335 g/mol. The van der Waals surface area contributed by atoms with Gasteiger partial charge in [-0.1, -0.05) is 6.07 Å². The number of carboxylic acid groups (broad SMARTS) is 1. The highest BCUT2D eigenvalue weighted by molar-refractivity contribution is 5.70. The SMILES string of the molecule is CN1CCC(C(=O)O)CC1(C)c1ccc(OC(F)(F)F)cc1F. The minimum absolute atomic E-state index is 0.153. The van der Waals surface area contributed by atoms with Gasteiger partial charge in [0.05, 0.1) is 5.92 Å². The van der Waals surface area contributed by atoms with Crippen LogP contribution in [0.4, 0.5) is 17.6 Å². The average molecular weight is 335 g/mol. The van der Waals surface area contributed by atoms with Crippen LogP contribution in [0.15, 0.2) is 18.2 Å². The zero-order valence-corrected chi connectivity index (χ0v) is 12.7. The lowest BCUT2D eigenvalue weighted by molar-refractivity contribution is -0.274. The van der Waals surface area contributed by atoms with Crippen molar-refractivity contribution in [3.8, 4) is 5.75 Å². The first-order chi connectivity index (χ1) is 10.5. The van der Waals surface area contributed by atoms with Crippen molar-refractivity contribution in [3.63, 3.8) is 0 Å². The second-order valence-electron chi connectivity index (χ2n) is 5.91. The number of ether oxygens (including phenoxy) is 1. The number of likely N-dealkylation sites (tertiary alicyclic amines) is 1. The maximum atomic E-state index is 14.3. The molecule has 128 valence electrons. The third-order valence-electron chi connectivity index (χ3n) is 4.40. The summed E-state index contributed by atoms with van der Waals surface area (Å²) in [7, 11) is 1.73. The highest BCUT2D eigenvalue weighted by Crippen LogP contribution is 2.41. The molecule has 1 saturated heterocycles. The van der Waals surface area contributed by atoms with Gasteiger partial charge in [0.2, 0.25) is 0 Å². The summed E-state index contributed by atoms with van der Waals surface area (Å²) in [6.45, 7) is 2.14. The van der Waals surface area contributed by atoms with Crippen molar-refractivity contribution >= 4 is 5.97 Å². The molecule has 0 spiro atoms. The van der Waals surface area contributed by atoms with Crippen molar-refractivity contribution in [2.75, 3.05) is 13.6 Å². The van der Waals surface area contributed by atoms with E-state index in [9.17, 15) is 27.5 Å². The molecule has 1 aromatic rings. The van der Waals surface area contributed by atoms with E-state index in [2.05, 4.69) is 4.74 Å². The lowest BCUT2D eigenvalue weighted by atomic mass is 9.77. The van der Waals surface area contributed by atoms with Crippen LogP contribution in [-0.4, -0.2) is 35.9 Å². The molecule has 2 rings (SSSR count). The Morgan fingerprint density at radius 3 is 2.61 bits per heavy atom. The number of halogens is 4. The Kier molecular flexibility index (Phi) is 4.57. The number of carboxylic acids is 1. The Bertz CT molecular complexity index is 605. The standard InChI is InChI=1S/C15H17F4NO3/c1-14(8-9(13(21)22)5-6-20(14)2)11-4-3-10(7-12(11)16)23-15(17,18)19/h3-4,7,9H,5-6,8H2,1-2H3,(H,21,22). The second-order valence-corrected chi connectivity index (χ2v) is 5.91. The smallest absolute Gasteiger partial charge is 0.481 e. The summed E-state index contributed by atoms with van der Waals surface area (Å²) in [5.74, 6) is -3.08. The van der Waals surface area contributed by atoms with Gasteiger partial charge in [-0.25, -0.2) is 4.39 Å². The maximum absolute atomic E-state index is 14.3. The minimum atomic E-state index is -4.89. The molecule has 4 nitrogen and oxygen atoms in total. The molecule has 0 amide bonds. The van der Waals surface area contributed by atoms with Crippen molar-refractivity contribution in [2.45, 2.75) is 31.7 Å². The fourth-order valence-corrected chi connectivity index (χ4v) is 2.99. The van der Waals surface area contributed by atoms with E-state index in [-0.39, 0.29) is 12.0 Å². The summed E-state index contributed by atoms with van der Waals surface area (Å²) in [4.78, 5) is 13.0. The van der Waals surface area contributed by atoms with Crippen LogP contribution in [0.2, 0.25) is 0 Å². The first kappa shape index (κ1) is 17.5. The fourth-order valence-electron chi connectivity index (χ4n) is 2.99. The third kappa shape index (κ3) is 3.74. The third-order valence-corrected chi connectivity index (χ3v) is 4.40. The van der Waals surface area contributed by atoms with Gasteiger partial charge in [0.15, 0.2) is 0 Å². The van der Waals surface area contributed by atoms with Gasteiger partial charge >= 0.3 is 12.3 Å². The van der Waals surface area contributed by atoms with Crippen molar-refractivity contribution < 1.29 is 32.2 Å². The number of piperidine rings is 1. The lowest BCUT2D eigenvalue weighted by Gasteiger charge is -2.45. The molecule has 23 heavy (non-hydrogen) atoms. The van der Waals surface area contributed by atoms with E-state index in [1.807, 2.05) is 4.90 Å². The largest absolute Gasteiger partial charge is 0.573 e. The molecule has 2 unspecified atom stereocenters. The summed E-state index contributed by atoms with van der Waals surface area (Å²) in [6, 6.07) is 2.93. The quantitative estimate of drug-likeness (QED) is 0.861. The number of benzene rings is 1. The Balaban J connectivity index is 2.33. The average Bonchev–Trinajstić information content (AvgIpc) is 2.39. The van der Waals surface area contributed by atoms with E-state index in [0.29, 0.717) is 19.0 Å². The van der Waals surface area contributed by atoms with Gasteiger partial charge in [0, 0.05) is 17.2 Å². The van der Waals surface area contributed by atoms with Crippen molar-refractivity contribution in [3.05, 3.63) is 29.6 Å². The summed E-state index contributed by atoms with van der Waals surface area (Å²) in [5.41, 5.74) is -0.761. The number of carbonyl (C=O) groups is 1. The lowest BCUT2D eigenvalue weighted by Crippen LogP contribution is -2.49. The Morgan fingerprint density at radius 2 is 2.09 bits per heavy atom. The molecule has 1 aliphatic rings. The molecule has 0 saturated carbocycles. The number of nitrogens with zero attached hydrogens (tertiary/aromatic N) is 1. The molecule has 0 aromatic heterocycles. The number of hydrogen-bond donors (Lipinski definition) is 1. The highest BCUT2D eigenvalue weighted by atomic mass is 19.4. The van der Waals surface area contributed by atoms with Crippen LogP contribution in [0.25, 0.3) is 0 Å². The Morgan fingerprint density at radius 1 is 1.43 bits per heavy atom. The van der Waals surface area contributed by atoms with Gasteiger partial charge in [-0.3, -0.25) is 9.69 Å². The van der Waals surface area contributed by atoms with Gasteiger partial charge in [-0.15, -0.1) is 13.2 Å². The van der Waals surface area contributed by atoms with Gasteiger partial charge in [-0.05, 0) is 39.4 Å². The van der Waals surface area contributed by atoms with Crippen LogP contribution in [0.5, 0.6) is 5.75 Å². The second kappa shape index (κ2) is 5.99. The fraction of sp³-hybridized carbons (Fsp3) is 0.533. The normalized spacial score (nSPS) is 26.1. The Labute approximate surface area is 130 Å². The predicted octanol–water partition coefficient (Wildman–Crippen LogP) is 3.37. The molecule has 2 atom stereocenters. The topological polar surface area (TPSA) is 49.8 Å². The maximum Gasteiger partial charge on any atom is 0.573 e. The minimum Gasteiger partial charge on any atom is -0.481 e. The summed E-state index contributed by atoms with van der Waals surface area (Å²) >= 11 is 0. The van der Waals surface area contributed by atoms with Gasteiger partial charge in [0.1, 0.15) is 11.6 Å². The number of aliphatic carboxylic acids is 1. The van der Waals surface area contributed by atoms with Crippen molar-refractivity contribution in [1.82, 2.24) is 4.90 Å². The molecule has 0 aliphatic carbocycles. The van der Waals surface area contributed by atoms with E-state index in [0.717, 1.165) is 6.07 Å². The zero-order valence-electron chi connectivity index (χ0n) is 12.7. The van der Waals surface area contributed by atoms with Crippen molar-refractivity contribution in [1.29, 1.82) is 0 Å². The van der Waals surface area contributed by atoms with Crippen LogP contribution < -0.4 is 4.74 Å². The summed E-state index contributed by atoms with van der Waals surface area (Å²) in [5, 5.41) is 9.19. The van der Waals surface area contributed by atoms with E-state index in [1.165, 1.54) is 6.07 Å². The number of alkyl halides is 3. The molecule has 1 aliphatic heterocycles. The zero-order chi connectivity index (χ0) is 17.4. The number of hydrogen-bond acceptors (Lipinski definition) is 3. The highest BCUT2D eigenvalue weighted by Gasteiger charge is 2.42. The molecule has 0 radical (unpaired) electrons. The molecule has 0 bridgehead atoms. The van der Waals surface area contributed by atoms with Gasteiger partial charge < -0.3 is 9.84 Å². The van der Waals surface area contributed by atoms with E-state index >= 15 is 0 Å². The van der Waals surface area contributed by atoms with Crippen LogP contribution in [0.3, 0.4) is 0 Å². The van der Waals surface area contributed by atoms with E-state index in [4.69, 9.17) is 0 Å². The van der Waals surface area contributed by atoms with Crippen LogP contribution >= 0.6 is 0 Å². The molecular weight excluding hydrogens is 318 g/mol. The van der Waals surface area contributed by atoms with Crippen molar-refractivity contribution in [2.24, 2.45) is 5.92 Å². The molecule has 1 aromatic carbocycles. The first-order valence-corrected chi connectivity index (χ1v) is 7.03. The molecular formula is C15H17F4NO3. The first-order valence-electron chi connectivity index (χ1n) is 7.03. The Hall–Kier alpha value is -1.83. The predicted molar refractivity (Wildman–Crippen MR) is 73.4 cm³/mol. The summed E-state index contributed by atoms with van der Waals surface area (Å²) < 4.78 is 54.6. The molecule has 1 N–H and O–H groups in total. The molecule has 1 fully saturated rings.